The van der Waals surface area contributed by atoms with Gasteiger partial charge in [-0.25, -0.2) is 13.2 Å². The van der Waals surface area contributed by atoms with Gasteiger partial charge in [-0.05, 0) is 74.4 Å². The second kappa shape index (κ2) is 11.8. The molecule has 3 aromatic rings. The zero-order valence-corrected chi connectivity index (χ0v) is 20.9. The van der Waals surface area contributed by atoms with Crippen molar-refractivity contribution in [2.75, 3.05) is 19.8 Å². The zero-order chi connectivity index (χ0) is 27.4. The number of hydrogen-bond acceptors (Lipinski definition) is 3. The Bertz CT molecular complexity index is 1350. The van der Waals surface area contributed by atoms with Crippen molar-refractivity contribution in [2.24, 2.45) is 0 Å². The van der Waals surface area contributed by atoms with Crippen molar-refractivity contribution in [1.29, 1.82) is 0 Å². The molecule has 38 heavy (non-hydrogen) atoms. The minimum atomic E-state index is -1.32. The summed E-state index contributed by atoms with van der Waals surface area (Å²) in [5.41, 5.74) is 0.124. The Labute approximate surface area is 216 Å². The van der Waals surface area contributed by atoms with Gasteiger partial charge in [0.25, 0.3) is 0 Å². The average molecular weight is 537 g/mol. The number of halogens is 6. The lowest BCUT2D eigenvalue weighted by molar-refractivity contribution is 0.293. The van der Waals surface area contributed by atoms with Gasteiger partial charge in [0.1, 0.15) is 6.61 Å². The summed E-state index contributed by atoms with van der Waals surface area (Å²) in [6, 6.07) is 7.50. The Hall–Kier alpha value is -3.62. The van der Waals surface area contributed by atoms with Crippen LogP contribution in [0.2, 0.25) is 0 Å². The highest BCUT2D eigenvalue weighted by Crippen LogP contribution is 2.38. The lowest BCUT2D eigenvalue weighted by Gasteiger charge is -2.23. The van der Waals surface area contributed by atoms with Gasteiger partial charge >= 0.3 is 0 Å². The van der Waals surface area contributed by atoms with E-state index in [9.17, 15) is 22.0 Å². The molecule has 0 aromatic heterocycles. The van der Waals surface area contributed by atoms with Gasteiger partial charge in [-0.3, -0.25) is 0 Å². The highest BCUT2D eigenvalue weighted by atomic mass is 19.2. The van der Waals surface area contributed by atoms with Gasteiger partial charge in [0.05, 0.1) is 13.2 Å². The van der Waals surface area contributed by atoms with E-state index in [2.05, 4.69) is 0 Å². The smallest absolute Gasteiger partial charge is 0.204 e. The molecule has 3 aromatic carbocycles. The van der Waals surface area contributed by atoms with Crippen LogP contribution >= 0.6 is 0 Å². The quantitative estimate of drug-likeness (QED) is 0.204. The van der Waals surface area contributed by atoms with Crippen molar-refractivity contribution in [1.82, 2.24) is 0 Å². The predicted molar refractivity (Wildman–Crippen MR) is 131 cm³/mol. The summed E-state index contributed by atoms with van der Waals surface area (Å²) in [6.45, 7) is 3.58. The molecule has 0 fully saturated rings. The van der Waals surface area contributed by atoms with Crippen molar-refractivity contribution in [3.8, 4) is 28.4 Å². The molecule has 0 spiro atoms. The van der Waals surface area contributed by atoms with Crippen LogP contribution < -0.4 is 14.2 Å². The standard InChI is InChI=1S/C29H26F6O3/c1-3-36-21-12-11-20(26(32)27(21)33)19-10-9-18(24(30)25(19)31)17-7-5-16(6-8-17)15-38-23-14-13-22(37-4-2)28(34)29(23)35/h5,9-14,17H,3-4,6-8,15H2,1-2H3. The molecule has 0 saturated heterocycles. The van der Waals surface area contributed by atoms with Gasteiger partial charge in [0.15, 0.2) is 34.7 Å². The van der Waals surface area contributed by atoms with Crippen LogP contribution in [0.5, 0.6) is 17.2 Å². The molecule has 202 valence electrons. The summed E-state index contributed by atoms with van der Waals surface area (Å²) >= 11 is 0. The molecule has 0 radical (unpaired) electrons. The SMILES string of the molecule is CCOc1ccc(OCC2=CCC(c3ccc(-c4ccc(OCC)c(F)c4F)c(F)c3F)CC2)c(F)c1F. The van der Waals surface area contributed by atoms with E-state index in [0.717, 1.165) is 11.6 Å². The monoisotopic (exact) mass is 536 g/mol. The number of rotatable bonds is 9. The largest absolute Gasteiger partial charge is 0.491 e. The topological polar surface area (TPSA) is 27.7 Å². The van der Waals surface area contributed by atoms with E-state index in [1.165, 1.54) is 30.3 Å². The van der Waals surface area contributed by atoms with Crippen LogP contribution in [-0.4, -0.2) is 19.8 Å². The lowest BCUT2D eigenvalue weighted by Crippen LogP contribution is -2.12. The van der Waals surface area contributed by atoms with Gasteiger partial charge in [-0.1, -0.05) is 18.2 Å². The molecule has 1 aliphatic rings. The van der Waals surface area contributed by atoms with E-state index >= 15 is 4.39 Å². The number of allylic oxidation sites excluding steroid dienone is 1. The van der Waals surface area contributed by atoms with Crippen LogP contribution in [0.3, 0.4) is 0 Å². The van der Waals surface area contributed by atoms with Crippen LogP contribution in [-0.2, 0) is 0 Å². The van der Waals surface area contributed by atoms with Crippen LogP contribution in [0.1, 0.15) is 44.6 Å². The highest BCUT2D eigenvalue weighted by molar-refractivity contribution is 5.67. The first kappa shape index (κ1) is 27.4. The third kappa shape index (κ3) is 5.47. The maximum atomic E-state index is 15.1. The Morgan fingerprint density at radius 1 is 0.632 bits per heavy atom. The molecule has 0 amide bonds. The van der Waals surface area contributed by atoms with E-state index < -0.39 is 46.0 Å². The summed E-state index contributed by atoms with van der Waals surface area (Å²) in [4.78, 5) is 0. The molecule has 9 heteroatoms. The van der Waals surface area contributed by atoms with E-state index in [1.54, 1.807) is 19.9 Å². The third-order valence-electron chi connectivity index (χ3n) is 6.42. The number of ether oxygens (including phenoxy) is 3. The zero-order valence-electron chi connectivity index (χ0n) is 20.9. The van der Waals surface area contributed by atoms with Gasteiger partial charge in [-0.2, -0.15) is 13.2 Å². The molecule has 3 nitrogen and oxygen atoms in total. The normalized spacial score (nSPS) is 15.3. The fourth-order valence-corrected chi connectivity index (χ4v) is 4.46. The Morgan fingerprint density at radius 3 is 1.68 bits per heavy atom. The van der Waals surface area contributed by atoms with Crippen LogP contribution in [0, 0.1) is 34.9 Å². The summed E-state index contributed by atoms with van der Waals surface area (Å²) in [6.07, 6.45) is 3.08. The minimum Gasteiger partial charge on any atom is -0.491 e. The van der Waals surface area contributed by atoms with E-state index in [0.29, 0.717) is 19.3 Å². The Kier molecular flexibility index (Phi) is 8.54. The van der Waals surface area contributed by atoms with Crippen molar-refractivity contribution < 1.29 is 40.6 Å². The molecule has 1 atom stereocenters. The lowest BCUT2D eigenvalue weighted by atomic mass is 9.83. The third-order valence-corrected chi connectivity index (χ3v) is 6.42. The van der Waals surface area contributed by atoms with Crippen LogP contribution in [0.25, 0.3) is 11.1 Å². The van der Waals surface area contributed by atoms with Crippen molar-refractivity contribution in [2.45, 2.75) is 39.0 Å². The summed E-state index contributed by atoms with van der Waals surface area (Å²) < 4.78 is 103. The molecule has 4 rings (SSSR count). The first-order valence-corrected chi connectivity index (χ1v) is 12.3. The highest BCUT2D eigenvalue weighted by Gasteiger charge is 2.26. The van der Waals surface area contributed by atoms with E-state index in [-0.39, 0.29) is 48.6 Å². The van der Waals surface area contributed by atoms with Gasteiger partial charge in [0, 0.05) is 11.1 Å². The molecule has 0 heterocycles. The molecule has 1 unspecified atom stereocenters. The minimum absolute atomic E-state index is 0.00935. The number of hydrogen-bond donors (Lipinski definition) is 0. The maximum absolute atomic E-state index is 15.1. The van der Waals surface area contributed by atoms with E-state index in [1.807, 2.05) is 0 Å². The molecule has 0 saturated carbocycles. The van der Waals surface area contributed by atoms with Crippen molar-refractivity contribution >= 4 is 0 Å². The van der Waals surface area contributed by atoms with Gasteiger partial charge in [-0.15, -0.1) is 0 Å². The Morgan fingerprint density at radius 2 is 1.13 bits per heavy atom. The molecular weight excluding hydrogens is 510 g/mol. The molecule has 0 bridgehead atoms. The van der Waals surface area contributed by atoms with Gasteiger partial charge < -0.3 is 14.2 Å². The first-order valence-electron chi connectivity index (χ1n) is 12.3. The Balaban J connectivity index is 1.46. The average Bonchev–Trinajstić information content (AvgIpc) is 2.92. The summed E-state index contributed by atoms with van der Waals surface area (Å²) in [5.74, 6) is -8.38. The molecular formula is C29H26F6O3. The van der Waals surface area contributed by atoms with Crippen LogP contribution in [0.4, 0.5) is 26.3 Å². The maximum Gasteiger partial charge on any atom is 0.204 e. The second-order valence-electron chi connectivity index (χ2n) is 8.75. The predicted octanol–water partition coefficient (Wildman–Crippen LogP) is 8.26. The van der Waals surface area contributed by atoms with Crippen LogP contribution in [0.15, 0.2) is 48.0 Å². The molecule has 0 N–H and O–H groups in total. The fraction of sp³-hybridized carbons (Fsp3) is 0.310. The fourth-order valence-electron chi connectivity index (χ4n) is 4.46. The van der Waals surface area contributed by atoms with Crippen molar-refractivity contribution in [3.63, 3.8) is 0 Å². The summed E-state index contributed by atoms with van der Waals surface area (Å²) in [7, 11) is 0. The first-order chi connectivity index (χ1) is 18.3. The molecule has 0 aliphatic heterocycles. The second-order valence-corrected chi connectivity index (χ2v) is 8.75. The van der Waals surface area contributed by atoms with Gasteiger partial charge in [0.2, 0.25) is 17.5 Å². The molecule has 1 aliphatic carbocycles. The summed E-state index contributed by atoms with van der Waals surface area (Å²) in [5, 5.41) is 0. The van der Waals surface area contributed by atoms with E-state index in [4.69, 9.17) is 14.2 Å². The van der Waals surface area contributed by atoms with Crippen molar-refractivity contribution in [3.05, 3.63) is 88.5 Å². The number of benzene rings is 3.